The highest BCUT2D eigenvalue weighted by Gasteiger charge is 2.34. The fourth-order valence-corrected chi connectivity index (χ4v) is 4.75. The van der Waals surface area contributed by atoms with E-state index in [1.54, 1.807) is 18.2 Å². The van der Waals surface area contributed by atoms with Gasteiger partial charge in [-0.3, -0.25) is 19.2 Å². The van der Waals surface area contributed by atoms with Gasteiger partial charge in [-0.05, 0) is 69.7 Å². The van der Waals surface area contributed by atoms with Crippen molar-refractivity contribution in [1.29, 1.82) is 0 Å². The predicted molar refractivity (Wildman–Crippen MR) is 205 cm³/mol. The van der Waals surface area contributed by atoms with E-state index in [4.69, 9.17) is 19.3 Å². The zero-order valence-corrected chi connectivity index (χ0v) is 32.9. The van der Waals surface area contributed by atoms with Crippen LogP contribution in [0.3, 0.4) is 0 Å². The van der Waals surface area contributed by atoms with Crippen LogP contribution in [-0.2, 0) is 41.7 Å². The Morgan fingerprint density at radius 3 is 2.17 bits per heavy atom. The van der Waals surface area contributed by atoms with Crippen molar-refractivity contribution in [3.63, 3.8) is 0 Å². The highest BCUT2D eigenvalue weighted by Crippen LogP contribution is 2.31. The number of hydrogen-bond donors (Lipinski definition) is 5. The summed E-state index contributed by atoms with van der Waals surface area (Å²) in [7, 11) is 0. The Kier molecular flexibility index (Phi) is 26.2. The number of esters is 1. The maximum atomic E-state index is 12.1. The molecule has 1 aliphatic rings. The summed E-state index contributed by atoms with van der Waals surface area (Å²) in [6, 6.07) is 14.0. The van der Waals surface area contributed by atoms with E-state index in [1.807, 2.05) is 41.5 Å². The van der Waals surface area contributed by atoms with E-state index in [0.29, 0.717) is 23.4 Å². The molecule has 12 nitrogen and oxygen atoms in total. The number of nitrogens with one attached hydrogen (secondary N) is 3. The molecule has 3 unspecified atom stereocenters. The number of carbonyl (C=O) groups excluding carboxylic acids is 3. The van der Waals surface area contributed by atoms with Crippen LogP contribution in [0.2, 0.25) is 0 Å². The van der Waals surface area contributed by atoms with Crippen LogP contribution >= 0.6 is 0 Å². The van der Waals surface area contributed by atoms with Crippen LogP contribution in [0.15, 0.2) is 42.5 Å². The molecule has 0 bridgehead atoms. The molecular formula is C40H65N3O9. The first-order valence-corrected chi connectivity index (χ1v) is 18.7. The van der Waals surface area contributed by atoms with E-state index in [1.165, 1.54) is 18.1 Å². The van der Waals surface area contributed by atoms with Gasteiger partial charge in [-0.2, -0.15) is 0 Å². The molecule has 1 fully saturated rings. The number of carbonyl (C=O) groups is 4. The van der Waals surface area contributed by atoms with Crippen LogP contribution in [0.4, 0.5) is 5.69 Å². The first-order chi connectivity index (χ1) is 24.9. The molecule has 1 heterocycles. The van der Waals surface area contributed by atoms with Gasteiger partial charge in [-0.15, -0.1) is 0 Å². The number of unbranched alkanes of at least 4 members (excludes halogenated alkanes) is 2. The Hall–Kier alpha value is -4.16. The third kappa shape index (κ3) is 21.9. The number of ether oxygens (including phenoxy) is 3. The lowest BCUT2D eigenvalue weighted by molar-refractivity contribution is -0.184. The number of aliphatic carboxylic acids is 1. The van der Waals surface area contributed by atoms with Gasteiger partial charge in [0.1, 0.15) is 25.0 Å². The minimum Gasteiger partial charge on any atom is -0.480 e. The molecule has 2 amide bonds. The van der Waals surface area contributed by atoms with E-state index in [-0.39, 0.29) is 31.4 Å². The molecule has 0 radical (unpaired) electrons. The number of aliphatic hydroxyl groups excluding tert-OH is 1. The van der Waals surface area contributed by atoms with Gasteiger partial charge >= 0.3 is 11.9 Å². The van der Waals surface area contributed by atoms with Crippen LogP contribution in [0.5, 0.6) is 5.75 Å². The van der Waals surface area contributed by atoms with Crippen molar-refractivity contribution in [1.82, 2.24) is 10.6 Å². The minimum absolute atomic E-state index is 0.0366. The molecule has 3 atom stereocenters. The van der Waals surface area contributed by atoms with Crippen LogP contribution in [-0.4, -0.2) is 71.6 Å². The summed E-state index contributed by atoms with van der Waals surface area (Å²) in [6.45, 7) is 17.8. The number of rotatable bonds is 17. The molecule has 0 aliphatic carbocycles. The number of carboxylic acid groups (broad SMARTS) is 1. The summed E-state index contributed by atoms with van der Waals surface area (Å²) >= 11 is 0. The molecule has 0 aromatic heterocycles. The molecule has 0 saturated carbocycles. The topological polar surface area (TPSA) is 173 Å². The second kappa shape index (κ2) is 28.4. The van der Waals surface area contributed by atoms with Crippen LogP contribution in [0.25, 0.3) is 0 Å². The minimum atomic E-state index is -1.18. The Morgan fingerprint density at radius 2 is 1.58 bits per heavy atom. The number of anilines is 1. The van der Waals surface area contributed by atoms with Crippen LogP contribution < -0.4 is 20.7 Å². The molecule has 0 spiro atoms. The van der Waals surface area contributed by atoms with Crippen molar-refractivity contribution < 1.29 is 43.6 Å². The summed E-state index contributed by atoms with van der Waals surface area (Å²) in [5, 5.41) is 27.3. The highest BCUT2D eigenvalue weighted by molar-refractivity contribution is 5.84. The SMILES string of the molecule is CC.CC.CC(=O)OCc1ccc(NC(C)C)c(OC2CC(O)CC(C(=O)NCC(=O)O)O2)c1.CCCCNC(=O)CCCCc1ccc(C)cc1. The second-order valence-electron chi connectivity index (χ2n) is 12.2. The lowest BCUT2D eigenvalue weighted by atomic mass is 10.0. The first-order valence-electron chi connectivity index (χ1n) is 18.7. The molecule has 1 saturated heterocycles. The molecule has 294 valence electrons. The molecule has 2 aromatic carbocycles. The third-order valence-electron chi connectivity index (χ3n) is 7.26. The fraction of sp³-hybridized carbons (Fsp3) is 0.600. The van der Waals surface area contributed by atoms with Gasteiger partial charge < -0.3 is 40.4 Å². The van der Waals surface area contributed by atoms with Gasteiger partial charge in [0, 0.05) is 38.8 Å². The third-order valence-corrected chi connectivity index (χ3v) is 7.26. The fourth-order valence-electron chi connectivity index (χ4n) is 4.75. The smallest absolute Gasteiger partial charge is 0.322 e. The molecule has 2 aromatic rings. The number of hydrogen-bond acceptors (Lipinski definition) is 9. The maximum absolute atomic E-state index is 12.1. The average molecular weight is 732 g/mol. The van der Waals surface area contributed by atoms with Crippen LogP contribution in [0.1, 0.15) is 117 Å². The molecule has 3 rings (SSSR count). The number of amides is 2. The summed E-state index contributed by atoms with van der Waals surface area (Å²) in [6.07, 6.45) is 3.37. The van der Waals surface area contributed by atoms with E-state index >= 15 is 0 Å². The van der Waals surface area contributed by atoms with Gasteiger partial charge in [0.15, 0.2) is 0 Å². The lowest BCUT2D eigenvalue weighted by Crippen LogP contribution is -2.47. The standard InChI is InChI=1S/C20H28N2O8.C16H25NO.2C2H6/c1-11(2)22-15-5-4-13(10-28-12(3)23)6-16(15)29-19-8-14(24)7-17(30-19)20(27)21-9-18(25)26;1-3-4-13-17-16(18)8-6-5-7-15-11-9-14(2)10-12-15;2*1-2/h4-6,11,14,17,19,22,24H,7-10H2,1-3H3,(H,21,27)(H,25,26);9-12H,3-8,13H2,1-2H3,(H,17,18);2*1-2H3. The van der Waals surface area contributed by atoms with Gasteiger partial charge in [-0.1, -0.05) is 76.9 Å². The Morgan fingerprint density at radius 1 is 0.923 bits per heavy atom. The summed E-state index contributed by atoms with van der Waals surface area (Å²) in [5.74, 6) is -1.60. The predicted octanol–water partition coefficient (Wildman–Crippen LogP) is 6.69. The maximum Gasteiger partial charge on any atom is 0.322 e. The van der Waals surface area contributed by atoms with Crippen molar-refractivity contribution in [2.75, 3.05) is 18.4 Å². The van der Waals surface area contributed by atoms with Gasteiger partial charge in [-0.25, -0.2) is 0 Å². The Labute approximate surface area is 311 Å². The van der Waals surface area contributed by atoms with Gasteiger partial charge in [0.2, 0.25) is 18.1 Å². The van der Waals surface area contributed by atoms with Crippen molar-refractivity contribution in [2.45, 2.75) is 145 Å². The Bertz CT molecular complexity index is 1300. The van der Waals surface area contributed by atoms with E-state index in [9.17, 15) is 24.3 Å². The van der Waals surface area contributed by atoms with Crippen molar-refractivity contribution in [2.24, 2.45) is 0 Å². The van der Waals surface area contributed by atoms with E-state index in [2.05, 4.69) is 54.1 Å². The monoisotopic (exact) mass is 731 g/mol. The molecule has 12 heteroatoms. The van der Waals surface area contributed by atoms with Crippen LogP contribution in [0, 0.1) is 6.92 Å². The van der Waals surface area contributed by atoms with Gasteiger partial charge in [0.05, 0.1) is 11.8 Å². The zero-order valence-electron chi connectivity index (χ0n) is 32.9. The largest absolute Gasteiger partial charge is 0.480 e. The quantitative estimate of drug-likeness (QED) is 0.0872. The molecular weight excluding hydrogens is 666 g/mol. The molecule has 1 aliphatic heterocycles. The van der Waals surface area contributed by atoms with Gasteiger partial charge in [0.25, 0.3) is 0 Å². The number of aliphatic hydroxyl groups is 1. The summed E-state index contributed by atoms with van der Waals surface area (Å²) < 4.78 is 16.6. The summed E-state index contributed by atoms with van der Waals surface area (Å²) in [4.78, 5) is 45.3. The van der Waals surface area contributed by atoms with E-state index < -0.39 is 42.9 Å². The zero-order chi connectivity index (χ0) is 39.5. The van der Waals surface area contributed by atoms with E-state index in [0.717, 1.165) is 38.6 Å². The number of carboxylic acids is 1. The first kappa shape index (κ1) is 47.8. The number of benzene rings is 2. The van der Waals surface area contributed by atoms with Crippen molar-refractivity contribution in [3.05, 3.63) is 59.2 Å². The molecule has 5 N–H and O–H groups in total. The number of aryl methyl sites for hydroxylation is 2. The summed E-state index contributed by atoms with van der Waals surface area (Å²) in [5.41, 5.74) is 4.04. The normalized spacial score (nSPS) is 15.9. The van der Waals surface area contributed by atoms with Crippen molar-refractivity contribution >= 4 is 29.4 Å². The highest BCUT2D eigenvalue weighted by atomic mass is 16.7. The average Bonchev–Trinajstić information content (AvgIpc) is 3.11. The second-order valence-corrected chi connectivity index (χ2v) is 12.2. The lowest BCUT2D eigenvalue weighted by Gasteiger charge is -2.33. The molecule has 52 heavy (non-hydrogen) atoms. The van der Waals surface area contributed by atoms with Crippen molar-refractivity contribution in [3.8, 4) is 5.75 Å². The Balaban J connectivity index is 0.00000101.